The van der Waals surface area contributed by atoms with Crippen molar-refractivity contribution < 1.29 is 24.2 Å². The van der Waals surface area contributed by atoms with Crippen molar-refractivity contribution in [1.29, 1.82) is 0 Å². The van der Waals surface area contributed by atoms with E-state index < -0.39 is 12.1 Å². The van der Waals surface area contributed by atoms with E-state index >= 15 is 0 Å². The predicted octanol–water partition coefficient (Wildman–Crippen LogP) is 5.95. The molecule has 3 N–H and O–H groups in total. The molecule has 46 heavy (non-hydrogen) atoms. The van der Waals surface area contributed by atoms with Gasteiger partial charge in [-0.05, 0) is 61.0 Å². The molecule has 0 aliphatic heterocycles. The van der Waals surface area contributed by atoms with Crippen LogP contribution in [0.1, 0.15) is 60.8 Å². The number of hydrogen-bond donors (Lipinski definition) is 3. The molecule has 4 rings (SSSR count). The number of anilines is 2. The number of nitrogens with one attached hydrogen (secondary N) is 2. The van der Waals surface area contributed by atoms with Crippen molar-refractivity contribution in [2.45, 2.75) is 45.6 Å². The number of nitrogens with zero attached hydrogens (tertiary/aromatic N) is 5. The minimum atomic E-state index is -1.01. The van der Waals surface area contributed by atoms with Crippen molar-refractivity contribution >= 4 is 57.9 Å². The summed E-state index contributed by atoms with van der Waals surface area (Å²) in [5.74, 6) is 0.0723. The second kappa shape index (κ2) is 16.9. The molecule has 13 heteroatoms. The van der Waals surface area contributed by atoms with Crippen LogP contribution >= 0.6 is 11.6 Å². The molecule has 0 bridgehead atoms. The van der Waals surface area contributed by atoms with Crippen LogP contribution in [-0.4, -0.2) is 62.6 Å². The van der Waals surface area contributed by atoms with Crippen LogP contribution in [0.25, 0.3) is 11.0 Å². The Morgan fingerprint density at radius 3 is 2.52 bits per heavy atom. The molecule has 0 radical (unpaired) electrons. The second-order valence-electron chi connectivity index (χ2n) is 10.5. The van der Waals surface area contributed by atoms with Crippen LogP contribution in [0.3, 0.4) is 0 Å². The van der Waals surface area contributed by atoms with Crippen LogP contribution in [-0.2, 0) is 23.1 Å². The lowest BCUT2D eigenvalue weighted by atomic mass is 10.1. The van der Waals surface area contributed by atoms with Gasteiger partial charge in [0, 0.05) is 36.6 Å². The number of hydrogen-bond acceptors (Lipinski definition) is 7. The molecule has 0 fully saturated rings. The van der Waals surface area contributed by atoms with E-state index in [0.717, 1.165) is 42.7 Å². The molecule has 2 amide bonds. The number of ether oxygens (including phenoxy) is 1. The lowest BCUT2D eigenvalue weighted by Crippen LogP contribution is -2.33. The first-order valence-electron chi connectivity index (χ1n) is 15.1. The summed E-state index contributed by atoms with van der Waals surface area (Å²) in [5.41, 5.74) is 3.34. The van der Waals surface area contributed by atoms with E-state index in [1.165, 1.54) is 4.90 Å². The summed E-state index contributed by atoms with van der Waals surface area (Å²) in [7, 11) is 1.90. The van der Waals surface area contributed by atoms with E-state index in [2.05, 4.69) is 27.5 Å². The quantitative estimate of drug-likeness (QED) is 0.0467. The number of benzene rings is 2. The molecule has 0 aliphatic carbocycles. The van der Waals surface area contributed by atoms with Gasteiger partial charge in [-0.2, -0.15) is 4.99 Å². The van der Waals surface area contributed by atoms with Gasteiger partial charge < -0.3 is 25.0 Å². The summed E-state index contributed by atoms with van der Waals surface area (Å²) in [6.07, 6.45) is 4.69. The van der Waals surface area contributed by atoms with Gasteiger partial charge in [0.05, 0.1) is 36.6 Å². The molecular formula is C33H38ClN7O5. The fourth-order valence-electron chi connectivity index (χ4n) is 4.75. The van der Waals surface area contributed by atoms with Gasteiger partial charge in [0.2, 0.25) is 0 Å². The highest BCUT2D eigenvalue weighted by molar-refractivity contribution is 6.19. The molecule has 0 atom stereocenters. The van der Waals surface area contributed by atoms with Gasteiger partial charge in [-0.15, -0.1) is 11.6 Å². The van der Waals surface area contributed by atoms with E-state index in [1.807, 2.05) is 41.9 Å². The average molecular weight is 648 g/mol. The number of carbonyl (C=O) groups is 3. The number of halogens is 1. The Bertz CT molecular complexity index is 1660. The number of aryl methyl sites for hydroxylation is 1. The van der Waals surface area contributed by atoms with Gasteiger partial charge in [-0.3, -0.25) is 14.5 Å². The van der Waals surface area contributed by atoms with Crippen LogP contribution < -0.4 is 15.5 Å². The normalized spacial score (nSPS) is 11.3. The molecule has 242 valence electrons. The van der Waals surface area contributed by atoms with Crippen molar-refractivity contribution in [2.75, 3.05) is 29.4 Å². The first kappa shape index (κ1) is 33.9. The molecular weight excluding hydrogens is 610 g/mol. The molecule has 2 heterocycles. The highest BCUT2D eigenvalue weighted by Gasteiger charge is 2.21. The smallest absolute Gasteiger partial charge is 0.435 e. The van der Waals surface area contributed by atoms with Crippen molar-refractivity contribution in [3.05, 3.63) is 83.8 Å². The molecule has 0 aliphatic rings. The van der Waals surface area contributed by atoms with Gasteiger partial charge in [-0.1, -0.05) is 32.3 Å². The molecule has 4 aromatic rings. The van der Waals surface area contributed by atoms with Crippen LogP contribution in [0, 0.1) is 0 Å². The highest BCUT2D eigenvalue weighted by atomic mass is 35.5. The number of fused-ring (bicyclic) bond motifs is 1. The summed E-state index contributed by atoms with van der Waals surface area (Å²) in [6, 6.07) is 17.8. The lowest BCUT2D eigenvalue weighted by molar-refractivity contribution is -0.136. The van der Waals surface area contributed by atoms with Crippen molar-refractivity contribution in [3.8, 4) is 0 Å². The number of rotatable bonds is 15. The first-order valence-corrected chi connectivity index (χ1v) is 15.6. The number of amides is 2. The first-order chi connectivity index (χ1) is 22.3. The summed E-state index contributed by atoms with van der Waals surface area (Å²) >= 11 is 5.87. The predicted molar refractivity (Wildman–Crippen MR) is 179 cm³/mol. The standard InChI is InChI=1S/C33H38ClN7O5/c1-3-4-5-8-19-46-33(45)39-31(37-22-34)23-10-13-25(14-11-23)36-21-29-38-26-20-24(12-15-27(26)40(29)2)32(44)41(18-16-30(42)43)28-9-6-7-17-35-28/h6-7,9-15,17,20,36H,3-5,8,16,18-19,21-22H2,1-2H3,(H,42,43)(H,37,39,45). The Balaban J connectivity index is 1.43. The number of imidazole rings is 1. The summed E-state index contributed by atoms with van der Waals surface area (Å²) in [6.45, 7) is 2.83. The van der Waals surface area contributed by atoms with Crippen molar-refractivity contribution in [3.63, 3.8) is 0 Å². The summed E-state index contributed by atoms with van der Waals surface area (Å²) in [5, 5.41) is 15.5. The number of amidine groups is 1. The molecule has 2 aromatic heterocycles. The topological polar surface area (TPSA) is 151 Å². The number of alkyl halides is 1. The third kappa shape index (κ3) is 9.27. The Hall–Kier alpha value is -4.97. The number of pyridine rings is 1. The van der Waals surface area contributed by atoms with Crippen LogP contribution in [0.4, 0.5) is 16.3 Å². The molecule has 12 nitrogen and oxygen atoms in total. The number of aliphatic carboxylic acids is 1. The number of carbonyl (C=O) groups excluding carboxylic acids is 2. The SMILES string of the molecule is CCCCCCOC(=O)/N=C(/NCCl)c1ccc(NCc2nc3cc(C(=O)N(CCC(=O)O)c4ccccn4)ccc3n2C)cc1. The van der Waals surface area contributed by atoms with E-state index in [0.29, 0.717) is 41.4 Å². The number of carboxylic acids is 1. The Kier molecular flexibility index (Phi) is 12.5. The number of unbranched alkanes of at least 4 members (excludes halogenated alkanes) is 3. The molecule has 0 unspecified atom stereocenters. The minimum Gasteiger partial charge on any atom is -0.481 e. The van der Waals surface area contributed by atoms with E-state index in [4.69, 9.17) is 21.3 Å². The maximum atomic E-state index is 13.5. The summed E-state index contributed by atoms with van der Waals surface area (Å²) in [4.78, 5) is 51.3. The van der Waals surface area contributed by atoms with Crippen LogP contribution in [0.15, 0.2) is 71.9 Å². The highest BCUT2D eigenvalue weighted by Crippen LogP contribution is 2.21. The fourth-order valence-corrected chi connectivity index (χ4v) is 4.87. The number of aliphatic imine (C=N–C) groups is 1. The number of carboxylic acid groups (broad SMARTS) is 1. The van der Waals surface area contributed by atoms with Gasteiger partial charge in [0.1, 0.15) is 17.5 Å². The molecule has 0 saturated carbocycles. The van der Waals surface area contributed by atoms with E-state index in [-0.39, 0.29) is 24.9 Å². The zero-order chi connectivity index (χ0) is 32.9. The third-order valence-electron chi connectivity index (χ3n) is 7.21. The van der Waals surface area contributed by atoms with E-state index in [1.54, 1.807) is 36.5 Å². The lowest BCUT2D eigenvalue weighted by Gasteiger charge is -2.21. The van der Waals surface area contributed by atoms with Crippen molar-refractivity contribution in [1.82, 2.24) is 19.9 Å². The van der Waals surface area contributed by atoms with E-state index in [9.17, 15) is 19.5 Å². The van der Waals surface area contributed by atoms with Gasteiger partial charge in [0.15, 0.2) is 0 Å². The molecule has 2 aromatic carbocycles. The van der Waals surface area contributed by atoms with Crippen molar-refractivity contribution in [2.24, 2.45) is 12.0 Å². The Morgan fingerprint density at radius 1 is 1.04 bits per heavy atom. The minimum absolute atomic E-state index is 0.0160. The maximum absolute atomic E-state index is 13.5. The zero-order valence-electron chi connectivity index (χ0n) is 25.9. The molecule has 0 spiro atoms. The second-order valence-corrected chi connectivity index (χ2v) is 10.7. The fraction of sp³-hybridized carbons (Fsp3) is 0.333. The number of aromatic nitrogens is 3. The van der Waals surface area contributed by atoms with Crippen LogP contribution in [0.2, 0.25) is 0 Å². The van der Waals surface area contributed by atoms with Gasteiger partial charge >= 0.3 is 12.1 Å². The Morgan fingerprint density at radius 2 is 1.83 bits per heavy atom. The zero-order valence-corrected chi connectivity index (χ0v) is 26.7. The average Bonchev–Trinajstić information content (AvgIpc) is 3.38. The molecule has 0 saturated heterocycles. The largest absolute Gasteiger partial charge is 0.481 e. The monoisotopic (exact) mass is 647 g/mol. The van der Waals surface area contributed by atoms with Crippen LogP contribution in [0.5, 0.6) is 0 Å². The third-order valence-corrected chi connectivity index (χ3v) is 7.34. The van der Waals surface area contributed by atoms with Gasteiger partial charge in [0.25, 0.3) is 5.91 Å². The Labute approximate surface area is 272 Å². The summed E-state index contributed by atoms with van der Waals surface area (Å²) < 4.78 is 7.17. The van der Waals surface area contributed by atoms with Gasteiger partial charge in [-0.25, -0.2) is 14.8 Å². The maximum Gasteiger partial charge on any atom is 0.435 e.